The molecule has 1 amide bonds. The second-order valence-electron chi connectivity index (χ2n) is 6.07. The number of ether oxygens (including phenoxy) is 1. The van der Waals surface area contributed by atoms with Gasteiger partial charge in [-0.2, -0.15) is 0 Å². The van der Waals surface area contributed by atoms with Crippen LogP contribution in [0.25, 0.3) is 0 Å². The van der Waals surface area contributed by atoms with Gasteiger partial charge in [0, 0.05) is 19.1 Å². The molecular formula is C17H24N2O2. The molecule has 21 heavy (non-hydrogen) atoms. The van der Waals surface area contributed by atoms with E-state index in [0.29, 0.717) is 12.6 Å². The third-order valence-electron chi connectivity index (χ3n) is 4.67. The second-order valence-corrected chi connectivity index (χ2v) is 6.07. The fraction of sp³-hybridized carbons (Fsp3) is 0.588. The van der Waals surface area contributed by atoms with Crippen LogP contribution in [0.1, 0.15) is 31.2 Å². The summed E-state index contributed by atoms with van der Waals surface area (Å²) in [6.45, 7) is 3.18. The lowest BCUT2D eigenvalue weighted by Crippen LogP contribution is -2.43. The van der Waals surface area contributed by atoms with Crippen LogP contribution in [0, 0.1) is 5.92 Å². The maximum absolute atomic E-state index is 12.1. The lowest BCUT2D eigenvalue weighted by Gasteiger charge is -2.34. The van der Waals surface area contributed by atoms with Gasteiger partial charge in [0.25, 0.3) is 0 Å². The normalized spacial score (nSPS) is 23.2. The van der Waals surface area contributed by atoms with Crippen LogP contribution in [0.15, 0.2) is 30.3 Å². The van der Waals surface area contributed by atoms with Crippen molar-refractivity contribution in [3.63, 3.8) is 0 Å². The van der Waals surface area contributed by atoms with Gasteiger partial charge in [-0.1, -0.05) is 30.3 Å². The van der Waals surface area contributed by atoms with Crippen molar-refractivity contribution in [1.29, 1.82) is 0 Å². The summed E-state index contributed by atoms with van der Waals surface area (Å²) in [7, 11) is 0. The van der Waals surface area contributed by atoms with Crippen LogP contribution in [0.2, 0.25) is 0 Å². The van der Waals surface area contributed by atoms with E-state index in [2.05, 4.69) is 5.32 Å². The Morgan fingerprint density at radius 1 is 1.19 bits per heavy atom. The smallest absolute Gasteiger partial charge is 0.410 e. The zero-order valence-electron chi connectivity index (χ0n) is 12.5. The van der Waals surface area contributed by atoms with Gasteiger partial charge < -0.3 is 15.0 Å². The highest BCUT2D eigenvalue weighted by Gasteiger charge is 2.30. The summed E-state index contributed by atoms with van der Waals surface area (Å²) < 4.78 is 5.40. The number of amides is 1. The minimum Gasteiger partial charge on any atom is -0.445 e. The SMILES string of the molecule is O=C(OCc1ccccc1)N1CCC([C@H]2CCCN2)CC1. The molecular weight excluding hydrogens is 264 g/mol. The number of nitrogens with one attached hydrogen (secondary N) is 1. The van der Waals surface area contributed by atoms with Crippen LogP contribution in [-0.4, -0.2) is 36.7 Å². The number of rotatable bonds is 3. The van der Waals surface area contributed by atoms with Gasteiger partial charge in [-0.05, 0) is 43.7 Å². The van der Waals surface area contributed by atoms with Crippen LogP contribution in [0.3, 0.4) is 0 Å². The van der Waals surface area contributed by atoms with Gasteiger partial charge in [0.1, 0.15) is 6.61 Å². The molecule has 0 spiro atoms. The second kappa shape index (κ2) is 6.94. The molecule has 1 aromatic rings. The predicted molar refractivity (Wildman–Crippen MR) is 81.9 cm³/mol. The lowest BCUT2D eigenvalue weighted by atomic mass is 9.89. The highest BCUT2D eigenvalue weighted by molar-refractivity contribution is 5.67. The Labute approximate surface area is 126 Å². The van der Waals surface area contributed by atoms with Gasteiger partial charge in [0.05, 0.1) is 0 Å². The monoisotopic (exact) mass is 288 g/mol. The van der Waals surface area contributed by atoms with Crippen molar-refractivity contribution >= 4 is 6.09 Å². The number of carbonyl (C=O) groups excluding carboxylic acids is 1. The summed E-state index contributed by atoms with van der Waals surface area (Å²) in [5.74, 6) is 0.727. The maximum Gasteiger partial charge on any atom is 0.410 e. The number of piperidine rings is 1. The zero-order valence-corrected chi connectivity index (χ0v) is 12.5. The van der Waals surface area contributed by atoms with Crippen LogP contribution < -0.4 is 5.32 Å². The van der Waals surface area contributed by atoms with Gasteiger partial charge in [0.2, 0.25) is 0 Å². The highest BCUT2D eigenvalue weighted by Crippen LogP contribution is 2.25. The predicted octanol–water partition coefficient (Wildman–Crippen LogP) is 2.79. The molecule has 2 aliphatic heterocycles. The van der Waals surface area contributed by atoms with E-state index in [1.807, 2.05) is 35.2 Å². The molecule has 0 bridgehead atoms. The number of hydrogen-bond donors (Lipinski definition) is 1. The van der Waals surface area contributed by atoms with Crippen molar-refractivity contribution in [3.8, 4) is 0 Å². The molecule has 2 aliphatic rings. The van der Waals surface area contributed by atoms with Gasteiger partial charge in [-0.15, -0.1) is 0 Å². The Morgan fingerprint density at radius 2 is 1.95 bits per heavy atom. The van der Waals surface area contributed by atoms with E-state index >= 15 is 0 Å². The van der Waals surface area contributed by atoms with Gasteiger partial charge in [-0.3, -0.25) is 0 Å². The molecule has 1 N–H and O–H groups in total. The molecule has 0 aliphatic carbocycles. The first-order valence-electron chi connectivity index (χ1n) is 8.02. The van der Waals surface area contributed by atoms with Gasteiger partial charge >= 0.3 is 6.09 Å². The Balaban J connectivity index is 1.42. The standard InChI is InChI=1S/C17H24N2O2/c20-17(21-13-14-5-2-1-3-6-14)19-11-8-15(9-12-19)16-7-4-10-18-16/h1-3,5-6,15-16,18H,4,7-13H2/t16-/m1/s1. The van der Waals surface area contributed by atoms with E-state index in [1.165, 1.54) is 12.8 Å². The van der Waals surface area contributed by atoms with E-state index in [-0.39, 0.29) is 6.09 Å². The first-order valence-corrected chi connectivity index (χ1v) is 8.02. The summed E-state index contributed by atoms with van der Waals surface area (Å²) >= 11 is 0. The molecule has 4 nitrogen and oxygen atoms in total. The largest absolute Gasteiger partial charge is 0.445 e. The molecule has 2 fully saturated rings. The zero-order chi connectivity index (χ0) is 14.5. The molecule has 0 aromatic heterocycles. The molecule has 1 atom stereocenters. The Bertz CT molecular complexity index is 449. The topological polar surface area (TPSA) is 41.6 Å². The van der Waals surface area contributed by atoms with Crippen molar-refractivity contribution in [2.45, 2.75) is 38.3 Å². The summed E-state index contributed by atoms with van der Waals surface area (Å²) in [4.78, 5) is 13.9. The Morgan fingerprint density at radius 3 is 2.62 bits per heavy atom. The molecule has 0 radical (unpaired) electrons. The number of carbonyl (C=O) groups is 1. The minimum atomic E-state index is -0.170. The summed E-state index contributed by atoms with van der Waals surface area (Å²) in [5.41, 5.74) is 1.04. The average Bonchev–Trinajstić information content (AvgIpc) is 3.08. The molecule has 2 heterocycles. The molecule has 114 valence electrons. The van der Waals surface area contributed by atoms with Crippen molar-refractivity contribution in [2.75, 3.05) is 19.6 Å². The fourth-order valence-electron chi connectivity index (χ4n) is 3.41. The van der Waals surface area contributed by atoms with E-state index in [1.54, 1.807) is 0 Å². The Hall–Kier alpha value is -1.55. The molecule has 3 rings (SSSR count). The van der Waals surface area contributed by atoms with Crippen LogP contribution >= 0.6 is 0 Å². The van der Waals surface area contributed by atoms with E-state index in [0.717, 1.165) is 44.0 Å². The molecule has 2 saturated heterocycles. The fourth-order valence-corrected chi connectivity index (χ4v) is 3.41. The number of likely N-dealkylation sites (tertiary alicyclic amines) is 1. The lowest BCUT2D eigenvalue weighted by molar-refractivity contribution is 0.0790. The van der Waals surface area contributed by atoms with Gasteiger partial charge in [-0.25, -0.2) is 4.79 Å². The number of hydrogen-bond acceptors (Lipinski definition) is 3. The van der Waals surface area contributed by atoms with E-state index < -0.39 is 0 Å². The van der Waals surface area contributed by atoms with Gasteiger partial charge in [0.15, 0.2) is 0 Å². The van der Waals surface area contributed by atoms with Crippen LogP contribution in [0.4, 0.5) is 4.79 Å². The minimum absolute atomic E-state index is 0.170. The van der Waals surface area contributed by atoms with E-state index in [4.69, 9.17) is 4.74 Å². The highest BCUT2D eigenvalue weighted by atomic mass is 16.6. The maximum atomic E-state index is 12.1. The van der Waals surface area contributed by atoms with Crippen molar-refractivity contribution in [2.24, 2.45) is 5.92 Å². The summed E-state index contributed by atoms with van der Waals surface area (Å²) in [5, 5.41) is 3.58. The third-order valence-corrected chi connectivity index (χ3v) is 4.67. The first kappa shape index (κ1) is 14.4. The quantitative estimate of drug-likeness (QED) is 0.930. The molecule has 0 unspecified atom stereocenters. The molecule has 1 aromatic carbocycles. The molecule has 0 saturated carbocycles. The average molecular weight is 288 g/mol. The summed E-state index contributed by atoms with van der Waals surface area (Å²) in [6.07, 6.45) is 4.61. The summed E-state index contributed by atoms with van der Waals surface area (Å²) in [6, 6.07) is 10.5. The first-order chi connectivity index (χ1) is 10.3. The van der Waals surface area contributed by atoms with Crippen molar-refractivity contribution in [3.05, 3.63) is 35.9 Å². The Kier molecular flexibility index (Phi) is 4.76. The third kappa shape index (κ3) is 3.76. The van der Waals surface area contributed by atoms with Crippen molar-refractivity contribution in [1.82, 2.24) is 10.2 Å². The van der Waals surface area contributed by atoms with E-state index in [9.17, 15) is 4.79 Å². The number of nitrogens with zero attached hydrogens (tertiary/aromatic N) is 1. The van der Waals surface area contributed by atoms with Crippen LogP contribution in [0.5, 0.6) is 0 Å². The van der Waals surface area contributed by atoms with Crippen LogP contribution in [-0.2, 0) is 11.3 Å². The number of benzene rings is 1. The van der Waals surface area contributed by atoms with Crippen molar-refractivity contribution < 1.29 is 9.53 Å². The molecule has 4 heteroatoms.